The third kappa shape index (κ3) is 1.69. The predicted octanol–water partition coefficient (Wildman–Crippen LogP) is 3.22. The van der Waals surface area contributed by atoms with Crippen LogP contribution in [0, 0.1) is 0 Å². The first-order valence-corrected chi connectivity index (χ1v) is 4.90. The van der Waals surface area contributed by atoms with E-state index in [2.05, 4.69) is 5.32 Å². The normalized spacial score (nSPS) is 15.6. The van der Waals surface area contributed by atoms with Gasteiger partial charge < -0.3 is 5.32 Å². The molecule has 0 radical (unpaired) electrons. The smallest absolute Gasteiger partial charge is 0.210 e. The van der Waals surface area contributed by atoms with E-state index in [1.165, 1.54) is 0 Å². The summed E-state index contributed by atoms with van der Waals surface area (Å²) in [4.78, 5) is 11.5. The molecule has 2 heteroatoms. The number of hydrogen-bond acceptors (Lipinski definition) is 2. The van der Waals surface area contributed by atoms with E-state index in [0.29, 0.717) is 5.70 Å². The Labute approximate surface area is 84.6 Å². The molecule has 0 aromatic heterocycles. The van der Waals surface area contributed by atoms with Gasteiger partial charge in [0.15, 0.2) is 0 Å². The Morgan fingerprint density at radius 2 is 1.86 bits per heavy atom. The first kappa shape index (κ1) is 10.5. The number of rotatable bonds is 0. The Morgan fingerprint density at radius 3 is 2.43 bits per heavy atom. The Hall–Kier alpha value is -1.57. The number of ketones is 1. The summed E-state index contributed by atoms with van der Waals surface area (Å²) in [5, 5.41) is 3.05. The van der Waals surface area contributed by atoms with Crippen molar-refractivity contribution in [1.29, 1.82) is 0 Å². The van der Waals surface area contributed by atoms with E-state index in [9.17, 15) is 4.79 Å². The van der Waals surface area contributed by atoms with Crippen LogP contribution in [-0.2, 0) is 0 Å². The van der Waals surface area contributed by atoms with E-state index < -0.39 is 0 Å². The molecule has 0 spiro atoms. The fourth-order valence-electron chi connectivity index (χ4n) is 1.34. The lowest BCUT2D eigenvalue weighted by Crippen LogP contribution is -1.98. The van der Waals surface area contributed by atoms with E-state index in [-0.39, 0.29) is 5.78 Å². The zero-order valence-electron chi connectivity index (χ0n) is 8.79. The van der Waals surface area contributed by atoms with E-state index in [1.807, 2.05) is 45.0 Å². The van der Waals surface area contributed by atoms with Gasteiger partial charge in [-0.3, -0.25) is 4.79 Å². The van der Waals surface area contributed by atoms with Crippen LogP contribution >= 0.6 is 0 Å². The lowest BCUT2D eigenvalue weighted by Gasteiger charge is -1.94. The Balaban J connectivity index is 0.000000461. The van der Waals surface area contributed by atoms with Crippen LogP contribution in [0.2, 0.25) is 0 Å². The van der Waals surface area contributed by atoms with Crippen LogP contribution in [0.25, 0.3) is 0 Å². The van der Waals surface area contributed by atoms with Crippen molar-refractivity contribution < 1.29 is 4.79 Å². The minimum absolute atomic E-state index is 0.0908. The summed E-state index contributed by atoms with van der Waals surface area (Å²) in [7, 11) is 0. The number of para-hydroxylation sites is 1. The molecule has 1 aliphatic heterocycles. The molecule has 2 rings (SSSR count). The lowest BCUT2D eigenvalue weighted by molar-refractivity contribution is 0.104. The third-order valence-corrected chi connectivity index (χ3v) is 1.97. The summed E-state index contributed by atoms with van der Waals surface area (Å²) in [5.41, 5.74) is 2.36. The van der Waals surface area contributed by atoms with Crippen molar-refractivity contribution in [2.24, 2.45) is 0 Å². The van der Waals surface area contributed by atoms with Gasteiger partial charge in [-0.05, 0) is 19.1 Å². The molecule has 14 heavy (non-hydrogen) atoms. The number of hydrogen-bond donors (Lipinski definition) is 1. The zero-order valence-corrected chi connectivity index (χ0v) is 8.79. The van der Waals surface area contributed by atoms with Gasteiger partial charge in [-0.2, -0.15) is 0 Å². The first-order valence-electron chi connectivity index (χ1n) is 4.90. The minimum atomic E-state index is 0.0908. The van der Waals surface area contributed by atoms with Gasteiger partial charge >= 0.3 is 0 Å². The van der Waals surface area contributed by atoms with Crippen LogP contribution in [0.15, 0.2) is 36.0 Å². The molecule has 0 unspecified atom stereocenters. The second-order valence-electron chi connectivity index (χ2n) is 2.70. The van der Waals surface area contributed by atoms with Gasteiger partial charge in [-0.25, -0.2) is 0 Å². The van der Waals surface area contributed by atoms with Gasteiger partial charge in [-0.15, -0.1) is 0 Å². The monoisotopic (exact) mass is 189 g/mol. The molecule has 0 fully saturated rings. The maximum absolute atomic E-state index is 11.5. The van der Waals surface area contributed by atoms with Crippen molar-refractivity contribution in [2.45, 2.75) is 20.8 Å². The molecule has 74 valence electrons. The summed E-state index contributed by atoms with van der Waals surface area (Å²) in [6.07, 6.45) is 1.79. The van der Waals surface area contributed by atoms with Gasteiger partial charge in [0.25, 0.3) is 0 Å². The van der Waals surface area contributed by atoms with Crippen molar-refractivity contribution in [2.75, 3.05) is 5.32 Å². The molecule has 1 aromatic rings. The number of fused-ring (bicyclic) bond motifs is 1. The van der Waals surface area contributed by atoms with E-state index in [4.69, 9.17) is 0 Å². The van der Waals surface area contributed by atoms with Gasteiger partial charge in [0.05, 0.1) is 5.70 Å². The molecule has 0 saturated carbocycles. The summed E-state index contributed by atoms with van der Waals surface area (Å²) < 4.78 is 0. The second kappa shape index (κ2) is 4.61. The number of carbonyl (C=O) groups excluding carboxylic acids is 1. The lowest BCUT2D eigenvalue weighted by atomic mass is 10.1. The molecule has 1 heterocycles. The number of anilines is 1. The SMILES string of the molecule is C/C=C1/Nc2ccccc2C1=O.CC. The maximum Gasteiger partial charge on any atom is 0.210 e. The number of Topliss-reactive ketones (excluding diaryl/α,β-unsaturated/α-hetero) is 1. The standard InChI is InChI=1S/C10H9NO.C2H6/c1-2-8-10(12)7-5-3-4-6-9(7)11-8;1-2/h2-6,11H,1H3;1-2H3/b8-2+;. The molecule has 0 atom stereocenters. The molecule has 2 nitrogen and oxygen atoms in total. The topological polar surface area (TPSA) is 29.1 Å². The van der Waals surface area contributed by atoms with Crippen molar-refractivity contribution in [3.05, 3.63) is 41.6 Å². The van der Waals surface area contributed by atoms with Crippen LogP contribution in [0.5, 0.6) is 0 Å². The van der Waals surface area contributed by atoms with Crippen LogP contribution < -0.4 is 5.32 Å². The Bertz CT molecular complexity index is 366. The summed E-state index contributed by atoms with van der Waals surface area (Å²) in [6, 6.07) is 7.53. The highest BCUT2D eigenvalue weighted by Crippen LogP contribution is 2.26. The first-order chi connectivity index (χ1) is 6.83. The number of carbonyl (C=O) groups is 1. The summed E-state index contributed by atoms with van der Waals surface area (Å²) in [6.45, 7) is 5.85. The van der Waals surface area contributed by atoms with Crippen molar-refractivity contribution in [3.63, 3.8) is 0 Å². The zero-order chi connectivity index (χ0) is 10.6. The Kier molecular flexibility index (Phi) is 3.46. The molecule has 0 amide bonds. The molecule has 1 N–H and O–H groups in total. The fourth-order valence-corrected chi connectivity index (χ4v) is 1.34. The van der Waals surface area contributed by atoms with Gasteiger partial charge in [-0.1, -0.05) is 32.1 Å². The van der Waals surface area contributed by atoms with Gasteiger partial charge in [0.1, 0.15) is 0 Å². The Morgan fingerprint density at radius 1 is 1.21 bits per heavy atom. The summed E-state index contributed by atoms with van der Waals surface area (Å²) in [5.74, 6) is 0.0908. The second-order valence-corrected chi connectivity index (χ2v) is 2.70. The van der Waals surface area contributed by atoms with E-state index in [0.717, 1.165) is 11.3 Å². The maximum atomic E-state index is 11.5. The highest BCUT2D eigenvalue weighted by Gasteiger charge is 2.22. The number of nitrogens with one attached hydrogen (secondary N) is 1. The van der Waals surface area contributed by atoms with E-state index in [1.54, 1.807) is 6.08 Å². The highest BCUT2D eigenvalue weighted by molar-refractivity contribution is 6.18. The van der Waals surface area contributed by atoms with Gasteiger partial charge in [0, 0.05) is 11.3 Å². The summed E-state index contributed by atoms with van der Waals surface area (Å²) >= 11 is 0. The van der Waals surface area contributed by atoms with Crippen molar-refractivity contribution in [3.8, 4) is 0 Å². The molecule has 1 aliphatic rings. The predicted molar refractivity (Wildman–Crippen MR) is 59.5 cm³/mol. The quantitative estimate of drug-likeness (QED) is 0.635. The number of benzene rings is 1. The van der Waals surface area contributed by atoms with Crippen LogP contribution in [-0.4, -0.2) is 5.78 Å². The largest absolute Gasteiger partial charge is 0.352 e. The highest BCUT2D eigenvalue weighted by atomic mass is 16.1. The van der Waals surface area contributed by atoms with Crippen molar-refractivity contribution in [1.82, 2.24) is 0 Å². The third-order valence-electron chi connectivity index (χ3n) is 1.97. The van der Waals surface area contributed by atoms with Crippen molar-refractivity contribution >= 4 is 11.5 Å². The molecule has 0 saturated heterocycles. The van der Waals surface area contributed by atoms with Crippen LogP contribution in [0.4, 0.5) is 5.69 Å². The molecule has 0 aliphatic carbocycles. The van der Waals surface area contributed by atoms with Crippen LogP contribution in [0.3, 0.4) is 0 Å². The number of allylic oxidation sites excluding steroid dienone is 2. The fraction of sp³-hybridized carbons (Fsp3) is 0.250. The molecular weight excluding hydrogens is 174 g/mol. The van der Waals surface area contributed by atoms with Gasteiger partial charge in [0.2, 0.25) is 5.78 Å². The molecular formula is C12H15NO. The van der Waals surface area contributed by atoms with Crippen LogP contribution in [0.1, 0.15) is 31.1 Å². The molecule has 1 aromatic carbocycles. The average Bonchev–Trinajstić information content (AvgIpc) is 2.59. The van der Waals surface area contributed by atoms with E-state index >= 15 is 0 Å². The average molecular weight is 189 g/mol. The molecule has 0 bridgehead atoms. The minimum Gasteiger partial charge on any atom is -0.352 e.